The predicted molar refractivity (Wildman–Crippen MR) is 141 cm³/mol. The molecule has 2 aliphatic heterocycles. The number of nitrogen functional groups attached to an aromatic ring is 1. The van der Waals surface area contributed by atoms with Gasteiger partial charge in [-0.25, -0.2) is 14.1 Å². The molecular weight excluding hydrogens is 555 g/mol. The average Bonchev–Trinajstić information content (AvgIpc) is 3.72. The van der Waals surface area contributed by atoms with Crippen LogP contribution in [0, 0.1) is 5.82 Å². The summed E-state index contributed by atoms with van der Waals surface area (Å²) in [6.45, 7) is 4.52. The van der Waals surface area contributed by atoms with Gasteiger partial charge in [-0.3, -0.25) is 9.59 Å². The van der Waals surface area contributed by atoms with Crippen LogP contribution >= 0.6 is 15.9 Å². The topological polar surface area (TPSA) is 118 Å². The number of hydrogen-bond acceptors (Lipinski definition) is 6. The van der Waals surface area contributed by atoms with E-state index in [9.17, 15) is 19.1 Å². The zero-order chi connectivity index (χ0) is 26.7. The standard InChI is InChI=1S/C27H26BrFN6O3/c1-2-22(37)33-9-7-17-23-19(35(32-17)18-6-5-15(11-21(18)36)14-3-4-14)8-10-34(20(23)13-33)27(38)16-12-31-26(28)24(29)25(16)30/h2,5-6,11-12,14,20,36H,1,3-4,7-10,13H2,(H2,30,31)/t20-/m0/s1. The van der Waals surface area contributed by atoms with Gasteiger partial charge in [-0.05, 0) is 58.5 Å². The van der Waals surface area contributed by atoms with Crippen LogP contribution in [0.15, 0.2) is 41.7 Å². The highest BCUT2D eigenvalue weighted by atomic mass is 79.9. The Morgan fingerprint density at radius 1 is 1.24 bits per heavy atom. The molecule has 0 spiro atoms. The molecule has 11 heteroatoms. The monoisotopic (exact) mass is 580 g/mol. The van der Waals surface area contributed by atoms with Crippen LogP contribution in [0.4, 0.5) is 10.1 Å². The second kappa shape index (κ2) is 9.23. The zero-order valence-corrected chi connectivity index (χ0v) is 22.1. The molecule has 1 aromatic carbocycles. The van der Waals surface area contributed by atoms with Gasteiger partial charge in [0.15, 0.2) is 5.82 Å². The number of aromatic nitrogens is 3. The van der Waals surface area contributed by atoms with Crippen molar-refractivity contribution in [2.24, 2.45) is 0 Å². The molecule has 3 aliphatic rings. The lowest BCUT2D eigenvalue weighted by Crippen LogP contribution is -2.46. The number of nitrogens with zero attached hydrogens (tertiary/aromatic N) is 5. The maximum absolute atomic E-state index is 14.5. The first kappa shape index (κ1) is 24.6. The van der Waals surface area contributed by atoms with E-state index < -0.39 is 17.8 Å². The van der Waals surface area contributed by atoms with Gasteiger partial charge in [0.25, 0.3) is 5.91 Å². The summed E-state index contributed by atoms with van der Waals surface area (Å²) < 4.78 is 16.2. The molecule has 0 unspecified atom stereocenters. The summed E-state index contributed by atoms with van der Waals surface area (Å²) in [6.07, 6.45) is 5.71. The summed E-state index contributed by atoms with van der Waals surface area (Å²) in [5, 5.41) is 15.8. The van der Waals surface area contributed by atoms with Crippen LogP contribution in [0.3, 0.4) is 0 Å². The van der Waals surface area contributed by atoms with E-state index in [0.29, 0.717) is 31.0 Å². The molecule has 4 heterocycles. The first-order valence-electron chi connectivity index (χ1n) is 12.5. The van der Waals surface area contributed by atoms with Crippen LogP contribution in [0.25, 0.3) is 5.69 Å². The third kappa shape index (κ3) is 3.96. The highest BCUT2D eigenvalue weighted by Gasteiger charge is 2.41. The molecule has 2 aromatic heterocycles. The maximum Gasteiger partial charge on any atom is 0.258 e. The van der Waals surface area contributed by atoms with Gasteiger partial charge in [-0.2, -0.15) is 5.10 Å². The first-order chi connectivity index (χ1) is 18.3. The normalized spacial score (nSPS) is 18.6. The van der Waals surface area contributed by atoms with Crippen molar-refractivity contribution in [1.82, 2.24) is 24.6 Å². The van der Waals surface area contributed by atoms with Gasteiger partial charge < -0.3 is 20.6 Å². The van der Waals surface area contributed by atoms with Gasteiger partial charge in [-0.15, -0.1) is 0 Å². The Morgan fingerprint density at radius 2 is 2.03 bits per heavy atom. The average molecular weight is 581 g/mol. The summed E-state index contributed by atoms with van der Waals surface area (Å²) in [4.78, 5) is 33.5. The molecule has 196 valence electrons. The smallest absolute Gasteiger partial charge is 0.258 e. The molecule has 38 heavy (non-hydrogen) atoms. The van der Waals surface area contributed by atoms with Crippen molar-refractivity contribution in [2.75, 3.05) is 25.4 Å². The lowest BCUT2D eigenvalue weighted by molar-refractivity contribution is -0.126. The van der Waals surface area contributed by atoms with Crippen molar-refractivity contribution in [2.45, 2.75) is 37.6 Å². The van der Waals surface area contributed by atoms with E-state index in [1.54, 1.807) is 14.5 Å². The fourth-order valence-corrected chi connectivity index (χ4v) is 5.87. The number of rotatable bonds is 4. The number of benzene rings is 1. The van der Waals surface area contributed by atoms with Crippen molar-refractivity contribution < 1.29 is 19.1 Å². The Bertz CT molecular complexity index is 1500. The lowest BCUT2D eigenvalue weighted by atomic mass is 9.94. The second-order valence-corrected chi connectivity index (χ2v) is 10.7. The number of anilines is 1. The molecule has 1 aliphatic carbocycles. The van der Waals surface area contributed by atoms with Gasteiger partial charge in [0.05, 0.1) is 28.7 Å². The van der Waals surface area contributed by atoms with Gasteiger partial charge >= 0.3 is 0 Å². The first-order valence-corrected chi connectivity index (χ1v) is 13.3. The van der Waals surface area contributed by atoms with Gasteiger partial charge in [-0.1, -0.05) is 12.6 Å². The van der Waals surface area contributed by atoms with E-state index in [4.69, 9.17) is 10.8 Å². The lowest BCUT2D eigenvalue weighted by Gasteiger charge is -2.38. The van der Waals surface area contributed by atoms with E-state index in [0.717, 1.165) is 35.4 Å². The minimum absolute atomic E-state index is 0.0396. The molecule has 1 saturated carbocycles. The third-order valence-electron chi connectivity index (χ3n) is 7.68. The summed E-state index contributed by atoms with van der Waals surface area (Å²) >= 11 is 3.00. The van der Waals surface area contributed by atoms with E-state index in [-0.39, 0.29) is 40.6 Å². The highest BCUT2D eigenvalue weighted by molar-refractivity contribution is 9.10. The number of carbonyl (C=O) groups excluding carboxylic acids is 2. The fourth-order valence-electron chi connectivity index (χ4n) is 5.56. The van der Waals surface area contributed by atoms with Gasteiger partial charge in [0.2, 0.25) is 5.91 Å². The number of amides is 2. The minimum atomic E-state index is -0.795. The fraction of sp³-hybridized carbons (Fsp3) is 0.333. The van der Waals surface area contributed by atoms with E-state index in [1.807, 2.05) is 18.2 Å². The van der Waals surface area contributed by atoms with Crippen molar-refractivity contribution in [1.29, 1.82) is 0 Å². The molecule has 1 atom stereocenters. The van der Waals surface area contributed by atoms with Gasteiger partial charge in [0, 0.05) is 44.2 Å². The van der Waals surface area contributed by atoms with Crippen LogP contribution in [0.5, 0.6) is 5.75 Å². The van der Waals surface area contributed by atoms with E-state index >= 15 is 0 Å². The number of aromatic hydroxyl groups is 1. The van der Waals surface area contributed by atoms with Crippen LogP contribution < -0.4 is 5.73 Å². The van der Waals surface area contributed by atoms with Crippen LogP contribution in [-0.2, 0) is 17.6 Å². The van der Waals surface area contributed by atoms with E-state index in [1.165, 1.54) is 12.3 Å². The Hall–Kier alpha value is -3.73. The minimum Gasteiger partial charge on any atom is -0.506 e. The molecule has 6 rings (SSSR count). The number of hydrogen-bond donors (Lipinski definition) is 2. The molecule has 0 radical (unpaired) electrons. The number of pyridine rings is 1. The Balaban J connectivity index is 1.44. The second-order valence-electron chi connectivity index (χ2n) is 9.93. The van der Waals surface area contributed by atoms with Crippen LogP contribution in [-0.4, -0.2) is 61.1 Å². The molecule has 3 aromatic rings. The molecule has 1 fully saturated rings. The number of phenols is 1. The summed E-state index contributed by atoms with van der Waals surface area (Å²) in [6, 6.07) is 5.19. The molecule has 2 amide bonds. The maximum atomic E-state index is 14.5. The summed E-state index contributed by atoms with van der Waals surface area (Å²) in [5.74, 6) is -0.847. The van der Waals surface area contributed by atoms with Crippen molar-refractivity contribution in [3.8, 4) is 11.4 Å². The Kier molecular flexibility index (Phi) is 5.97. The molecule has 3 N–H and O–H groups in total. The highest BCUT2D eigenvalue weighted by Crippen LogP contribution is 2.43. The largest absolute Gasteiger partial charge is 0.506 e. The SMILES string of the molecule is C=CC(=O)N1CCc2nn(-c3ccc(C4CC4)cc3O)c3c2[C@H](C1)N(C(=O)c1cnc(Br)c(F)c1N)CC3. The Morgan fingerprint density at radius 3 is 2.74 bits per heavy atom. The zero-order valence-electron chi connectivity index (χ0n) is 20.5. The summed E-state index contributed by atoms with van der Waals surface area (Å²) in [5.41, 5.74) is 9.82. The molecule has 0 saturated heterocycles. The van der Waals surface area contributed by atoms with Crippen LogP contribution in [0.1, 0.15) is 57.7 Å². The van der Waals surface area contributed by atoms with E-state index in [2.05, 4.69) is 27.5 Å². The van der Waals surface area contributed by atoms with Gasteiger partial charge in [0.1, 0.15) is 16.0 Å². The number of nitrogens with two attached hydrogens (primary N) is 1. The quantitative estimate of drug-likeness (QED) is 0.359. The summed E-state index contributed by atoms with van der Waals surface area (Å²) in [7, 11) is 0. The molecule has 9 nitrogen and oxygen atoms in total. The van der Waals surface area contributed by atoms with Crippen molar-refractivity contribution >= 4 is 33.4 Å². The van der Waals surface area contributed by atoms with Crippen molar-refractivity contribution in [3.63, 3.8) is 0 Å². The van der Waals surface area contributed by atoms with Crippen molar-refractivity contribution in [3.05, 3.63) is 75.5 Å². The Labute approximate surface area is 226 Å². The molecule has 0 bridgehead atoms. The molecular formula is C27H26BrFN6O3. The number of phenolic OH excluding ortho intramolecular Hbond substituents is 1. The predicted octanol–water partition coefficient (Wildman–Crippen LogP) is 3.64. The van der Waals surface area contributed by atoms with Crippen LogP contribution in [0.2, 0.25) is 0 Å². The third-order valence-corrected chi connectivity index (χ3v) is 8.23. The number of carbonyl (C=O) groups is 2. The number of halogens is 2.